The summed E-state index contributed by atoms with van der Waals surface area (Å²) >= 11 is 0. The molecule has 0 unspecified atom stereocenters. The first kappa shape index (κ1) is 18.9. The van der Waals surface area contributed by atoms with Crippen molar-refractivity contribution in [2.75, 3.05) is 57.4 Å². The van der Waals surface area contributed by atoms with E-state index in [1.165, 1.54) is 11.1 Å². The van der Waals surface area contributed by atoms with Crippen molar-refractivity contribution in [1.82, 2.24) is 14.8 Å². The topological polar surface area (TPSA) is 48.9 Å². The van der Waals surface area contributed by atoms with Crippen molar-refractivity contribution in [2.45, 2.75) is 13.5 Å². The molecule has 1 aromatic carbocycles. The van der Waals surface area contributed by atoms with Gasteiger partial charge in [0.05, 0.1) is 18.8 Å². The third kappa shape index (κ3) is 4.51. The molecule has 2 aromatic rings. The summed E-state index contributed by atoms with van der Waals surface area (Å²) in [5.74, 6) is 0.999. The first-order chi connectivity index (χ1) is 13.7. The molecule has 2 fully saturated rings. The molecule has 0 aliphatic carbocycles. The van der Waals surface area contributed by atoms with Gasteiger partial charge in [-0.1, -0.05) is 29.8 Å². The maximum Gasteiger partial charge on any atom is 0.255 e. The van der Waals surface area contributed by atoms with Crippen molar-refractivity contribution in [3.05, 3.63) is 59.3 Å². The fraction of sp³-hybridized carbons (Fsp3) is 0.455. The zero-order valence-corrected chi connectivity index (χ0v) is 16.5. The van der Waals surface area contributed by atoms with Crippen LogP contribution in [0.1, 0.15) is 21.5 Å². The maximum absolute atomic E-state index is 12.8. The lowest BCUT2D eigenvalue weighted by Crippen LogP contribution is -2.48. The fourth-order valence-corrected chi connectivity index (χ4v) is 3.85. The second-order valence-electron chi connectivity index (χ2n) is 7.56. The van der Waals surface area contributed by atoms with E-state index in [2.05, 4.69) is 46.0 Å². The SMILES string of the molecule is Cc1cccc(CN2CCN(C(=O)c3ccc(N4CCOCC4)nc3)CC2)c1. The predicted molar refractivity (Wildman–Crippen MR) is 110 cm³/mol. The van der Waals surface area contributed by atoms with Crippen molar-refractivity contribution in [1.29, 1.82) is 0 Å². The van der Waals surface area contributed by atoms with Crippen molar-refractivity contribution in [3.63, 3.8) is 0 Å². The summed E-state index contributed by atoms with van der Waals surface area (Å²) in [6.45, 7) is 9.55. The maximum atomic E-state index is 12.8. The van der Waals surface area contributed by atoms with Gasteiger partial charge in [0, 0.05) is 52.0 Å². The molecule has 1 amide bonds. The van der Waals surface area contributed by atoms with Crippen LogP contribution in [0, 0.1) is 6.92 Å². The van der Waals surface area contributed by atoms with Gasteiger partial charge in [-0.05, 0) is 24.6 Å². The van der Waals surface area contributed by atoms with Crippen molar-refractivity contribution >= 4 is 11.7 Å². The van der Waals surface area contributed by atoms with Crippen LogP contribution in [0.2, 0.25) is 0 Å². The average molecular weight is 380 g/mol. The highest BCUT2D eigenvalue weighted by molar-refractivity contribution is 5.94. The van der Waals surface area contributed by atoms with E-state index >= 15 is 0 Å². The molecule has 6 nitrogen and oxygen atoms in total. The highest BCUT2D eigenvalue weighted by atomic mass is 16.5. The van der Waals surface area contributed by atoms with Gasteiger partial charge in [-0.15, -0.1) is 0 Å². The molecule has 0 N–H and O–H groups in total. The molecule has 6 heteroatoms. The lowest BCUT2D eigenvalue weighted by molar-refractivity contribution is 0.0628. The quantitative estimate of drug-likeness (QED) is 0.814. The lowest BCUT2D eigenvalue weighted by atomic mass is 10.1. The van der Waals surface area contributed by atoms with Crippen LogP contribution < -0.4 is 4.90 Å². The molecule has 28 heavy (non-hydrogen) atoms. The van der Waals surface area contributed by atoms with Gasteiger partial charge in [-0.3, -0.25) is 9.69 Å². The number of nitrogens with zero attached hydrogens (tertiary/aromatic N) is 4. The van der Waals surface area contributed by atoms with E-state index in [0.717, 1.165) is 64.8 Å². The van der Waals surface area contributed by atoms with Crippen LogP contribution in [-0.2, 0) is 11.3 Å². The van der Waals surface area contributed by atoms with Gasteiger partial charge in [0.2, 0.25) is 0 Å². The van der Waals surface area contributed by atoms with Gasteiger partial charge in [0.1, 0.15) is 5.82 Å². The van der Waals surface area contributed by atoms with Crippen molar-refractivity contribution in [3.8, 4) is 0 Å². The normalized spacial score (nSPS) is 18.3. The molecule has 2 aliphatic heterocycles. The first-order valence-corrected chi connectivity index (χ1v) is 10.0. The molecule has 0 radical (unpaired) electrons. The molecule has 148 valence electrons. The molecule has 2 aliphatic rings. The number of carbonyl (C=O) groups excluding carboxylic acids is 1. The Kier molecular flexibility index (Phi) is 5.88. The van der Waals surface area contributed by atoms with Gasteiger partial charge in [-0.2, -0.15) is 0 Å². The predicted octanol–water partition coefficient (Wildman–Crippen LogP) is 2.18. The Hall–Kier alpha value is -2.44. The summed E-state index contributed by atoms with van der Waals surface area (Å²) in [4.78, 5) is 23.9. The first-order valence-electron chi connectivity index (χ1n) is 10.0. The van der Waals surface area contributed by atoms with Crippen LogP contribution in [0.15, 0.2) is 42.6 Å². The molecular weight excluding hydrogens is 352 g/mol. The minimum absolute atomic E-state index is 0.0798. The Labute approximate surface area is 166 Å². The number of piperazine rings is 1. The van der Waals surface area contributed by atoms with Crippen molar-refractivity contribution in [2.24, 2.45) is 0 Å². The molecule has 4 rings (SSSR count). The zero-order valence-electron chi connectivity index (χ0n) is 16.5. The number of benzene rings is 1. The van der Waals surface area contributed by atoms with Crippen LogP contribution in [0.3, 0.4) is 0 Å². The van der Waals surface area contributed by atoms with Gasteiger partial charge >= 0.3 is 0 Å². The minimum Gasteiger partial charge on any atom is -0.378 e. The highest BCUT2D eigenvalue weighted by Gasteiger charge is 2.23. The van der Waals surface area contributed by atoms with E-state index in [0.29, 0.717) is 5.56 Å². The van der Waals surface area contributed by atoms with Crippen LogP contribution in [0.25, 0.3) is 0 Å². The van der Waals surface area contributed by atoms with Gasteiger partial charge < -0.3 is 14.5 Å². The third-order valence-electron chi connectivity index (χ3n) is 5.48. The Morgan fingerprint density at radius 1 is 1.04 bits per heavy atom. The van der Waals surface area contributed by atoms with Gasteiger partial charge in [-0.25, -0.2) is 4.98 Å². The molecule has 0 spiro atoms. The Morgan fingerprint density at radius 3 is 2.50 bits per heavy atom. The Balaban J connectivity index is 1.31. The summed E-state index contributed by atoms with van der Waals surface area (Å²) in [6.07, 6.45) is 1.71. The number of morpholine rings is 1. The van der Waals surface area contributed by atoms with E-state index < -0.39 is 0 Å². The number of aromatic nitrogens is 1. The van der Waals surface area contributed by atoms with E-state index in [-0.39, 0.29) is 5.91 Å². The van der Waals surface area contributed by atoms with Crippen molar-refractivity contribution < 1.29 is 9.53 Å². The number of hydrogen-bond acceptors (Lipinski definition) is 5. The highest BCUT2D eigenvalue weighted by Crippen LogP contribution is 2.16. The Morgan fingerprint density at radius 2 is 1.82 bits per heavy atom. The summed E-state index contributed by atoms with van der Waals surface area (Å²) in [6, 6.07) is 12.5. The largest absolute Gasteiger partial charge is 0.378 e. The number of anilines is 1. The monoisotopic (exact) mass is 380 g/mol. The fourth-order valence-electron chi connectivity index (χ4n) is 3.85. The van der Waals surface area contributed by atoms with Crippen LogP contribution >= 0.6 is 0 Å². The molecule has 0 atom stereocenters. The molecule has 2 saturated heterocycles. The molecule has 1 aromatic heterocycles. The van der Waals surface area contributed by atoms with Crippen LogP contribution in [-0.4, -0.2) is 73.2 Å². The van der Waals surface area contributed by atoms with Gasteiger partial charge in [0.15, 0.2) is 0 Å². The smallest absolute Gasteiger partial charge is 0.255 e. The summed E-state index contributed by atoms with van der Waals surface area (Å²) < 4.78 is 5.38. The second-order valence-corrected chi connectivity index (χ2v) is 7.56. The number of carbonyl (C=O) groups is 1. The standard InChI is InChI=1S/C22H28N4O2/c1-18-3-2-4-19(15-18)17-24-7-9-26(10-8-24)22(27)20-5-6-21(23-16-20)25-11-13-28-14-12-25/h2-6,15-16H,7-14,17H2,1H3. The third-order valence-corrected chi connectivity index (χ3v) is 5.48. The number of ether oxygens (including phenoxy) is 1. The summed E-state index contributed by atoms with van der Waals surface area (Å²) in [5.41, 5.74) is 3.30. The van der Waals surface area contributed by atoms with Gasteiger partial charge in [0.25, 0.3) is 5.91 Å². The molecule has 0 bridgehead atoms. The van der Waals surface area contributed by atoms with E-state index in [9.17, 15) is 4.79 Å². The summed E-state index contributed by atoms with van der Waals surface area (Å²) in [7, 11) is 0. The number of amides is 1. The van der Waals surface area contributed by atoms with E-state index in [1.54, 1.807) is 6.20 Å². The minimum atomic E-state index is 0.0798. The molecule has 0 saturated carbocycles. The second kappa shape index (κ2) is 8.71. The number of pyridine rings is 1. The molecule has 3 heterocycles. The zero-order chi connectivity index (χ0) is 19.3. The average Bonchev–Trinajstić information content (AvgIpc) is 2.75. The van der Waals surface area contributed by atoms with Crippen LogP contribution in [0.5, 0.6) is 0 Å². The number of rotatable bonds is 4. The number of aryl methyl sites for hydroxylation is 1. The molecular formula is C22H28N4O2. The summed E-state index contributed by atoms with van der Waals surface area (Å²) in [5, 5.41) is 0. The van der Waals surface area contributed by atoms with E-state index in [1.807, 2.05) is 17.0 Å². The lowest BCUT2D eigenvalue weighted by Gasteiger charge is -2.35. The number of hydrogen-bond donors (Lipinski definition) is 0. The van der Waals surface area contributed by atoms with Crippen LogP contribution in [0.4, 0.5) is 5.82 Å². The Bertz CT molecular complexity index is 794. The van der Waals surface area contributed by atoms with E-state index in [4.69, 9.17) is 4.74 Å².